The van der Waals surface area contributed by atoms with Crippen molar-refractivity contribution in [1.82, 2.24) is 25.0 Å². The van der Waals surface area contributed by atoms with Gasteiger partial charge in [-0.25, -0.2) is 4.39 Å². The maximum Gasteiger partial charge on any atom is 0.268 e. The average Bonchev–Trinajstić information content (AvgIpc) is 3.76. The van der Waals surface area contributed by atoms with Crippen molar-refractivity contribution in [2.45, 2.75) is 90.3 Å². The predicted molar refractivity (Wildman–Crippen MR) is 179 cm³/mol. The molecule has 3 N–H and O–H groups in total. The number of carbonyl (C=O) groups excluding carboxylic acids is 4. The van der Waals surface area contributed by atoms with Crippen molar-refractivity contribution in [2.75, 3.05) is 38.5 Å². The van der Waals surface area contributed by atoms with Crippen molar-refractivity contribution in [3.63, 3.8) is 0 Å². The van der Waals surface area contributed by atoms with Crippen LogP contribution in [0.2, 0.25) is 0 Å². The summed E-state index contributed by atoms with van der Waals surface area (Å²) in [6, 6.07) is 6.48. The van der Waals surface area contributed by atoms with Crippen LogP contribution in [0, 0.1) is 23.6 Å². The maximum atomic E-state index is 15.7. The van der Waals surface area contributed by atoms with Gasteiger partial charge in [0.1, 0.15) is 23.6 Å². The van der Waals surface area contributed by atoms with Crippen LogP contribution in [0.25, 0.3) is 0 Å². The quantitative estimate of drug-likeness (QED) is 0.316. The fraction of sp³-hybridized carbons (Fsp3) is 0.611. The molecule has 1 aliphatic heterocycles. The molecule has 1 aromatic carbocycles. The molecule has 47 heavy (non-hydrogen) atoms. The van der Waals surface area contributed by atoms with Gasteiger partial charge in [0, 0.05) is 51.3 Å². The van der Waals surface area contributed by atoms with Crippen LogP contribution in [0.1, 0.15) is 87.7 Å². The van der Waals surface area contributed by atoms with E-state index in [1.54, 1.807) is 30.9 Å². The Morgan fingerprint density at radius 1 is 0.957 bits per heavy atom. The van der Waals surface area contributed by atoms with Crippen LogP contribution in [0.15, 0.2) is 36.5 Å². The van der Waals surface area contributed by atoms with Gasteiger partial charge < -0.3 is 30.3 Å². The fourth-order valence-corrected chi connectivity index (χ4v) is 6.81. The van der Waals surface area contributed by atoms with Crippen LogP contribution in [-0.4, -0.2) is 83.3 Å². The number of anilines is 1. The number of amides is 4. The van der Waals surface area contributed by atoms with Crippen LogP contribution < -0.4 is 16.0 Å². The molecule has 2 aromatic rings. The molecule has 4 amide bonds. The summed E-state index contributed by atoms with van der Waals surface area (Å²) in [7, 11) is 2.00. The van der Waals surface area contributed by atoms with Crippen LogP contribution in [-0.2, 0) is 20.9 Å². The number of hydrogen-bond acceptors (Lipinski definition) is 5. The molecular formula is C36H51FN6O4. The highest BCUT2D eigenvalue weighted by molar-refractivity contribution is 6.01. The van der Waals surface area contributed by atoms with Crippen LogP contribution in [0.4, 0.5) is 10.1 Å². The summed E-state index contributed by atoms with van der Waals surface area (Å²) >= 11 is 0. The molecule has 0 spiro atoms. The molecule has 256 valence electrons. The SMILES string of the molecule is CCC(=O)N[C@@H](C(=O)N1CCN(C)CC1)[C@@H](C)c1ccc(NC(=O)[C@@H](NC(=O)c2cccn2CC2CC2)C2CCC(C)CC2)c(F)c1. The third-order valence-electron chi connectivity index (χ3n) is 10.3. The van der Waals surface area contributed by atoms with Gasteiger partial charge in [-0.15, -0.1) is 0 Å². The van der Waals surface area contributed by atoms with E-state index in [1.165, 1.54) is 12.1 Å². The van der Waals surface area contributed by atoms with E-state index in [2.05, 4.69) is 27.8 Å². The highest BCUT2D eigenvalue weighted by atomic mass is 19.1. The van der Waals surface area contributed by atoms with Gasteiger partial charge in [-0.3, -0.25) is 19.2 Å². The van der Waals surface area contributed by atoms with Gasteiger partial charge >= 0.3 is 0 Å². The topological polar surface area (TPSA) is 116 Å². The molecule has 10 nitrogen and oxygen atoms in total. The van der Waals surface area contributed by atoms with Gasteiger partial charge in [0.2, 0.25) is 17.7 Å². The Labute approximate surface area is 277 Å². The van der Waals surface area contributed by atoms with E-state index in [9.17, 15) is 19.2 Å². The molecule has 0 radical (unpaired) electrons. The third kappa shape index (κ3) is 8.80. The fourth-order valence-electron chi connectivity index (χ4n) is 6.81. The molecular weight excluding hydrogens is 599 g/mol. The van der Waals surface area contributed by atoms with E-state index in [0.717, 1.165) is 58.2 Å². The minimum absolute atomic E-state index is 0.00558. The second-order valence-corrected chi connectivity index (χ2v) is 14.0. The Morgan fingerprint density at radius 3 is 2.30 bits per heavy atom. The van der Waals surface area contributed by atoms with Gasteiger partial charge in [0.05, 0.1) is 5.69 Å². The zero-order valence-electron chi connectivity index (χ0n) is 28.3. The van der Waals surface area contributed by atoms with Crippen molar-refractivity contribution >= 4 is 29.3 Å². The lowest BCUT2D eigenvalue weighted by molar-refractivity contribution is -0.138. The van der Waals surface area contributed by atoms with Gasteiger partial charge in [-0.05, 0) is 80.3 Å². The molecule has 2 heterocycles. The number of halogens is 1. The minimum Gasteiger partial charge on any atom is -0.344 e. The standard InChI is InChI=1S/C36H51FN6O4/c1-5-31(44)39-32(36(47)42-19-17-41(4)18-20-42)24(3)27-14-15-29(28(37)21-27)38-35(46)33(26-12-8-23(2)9-13-26)40-34(45)30-7-6-16-43(30)22-25-10-11-25/h6-7,14-16,21,23-26,32-33H,5,8-13,17-20,22H2,1-4H3,(H,38,46)(H,39,44)(H,40,45)/t23?,24-,26?,32+,33-/m0/s1. The highest BCUT2D eigenvalue weighted by Crippen LogP contribution is 2.33. The monoisotopic (exact) mass is 650 g/mol. The number of carbonyl (C=O) groups is 4. The second-order valence-electron chi connectivity index (χ2n) is 14.0. The Kier molecular flexibility index (Phi) is 11.4. The number of aromatic nitrogens is 1. The van der Waals surface area contributed by atoms with E-state index >= 15 is 4.39 Å². The van der Waals surface area contributed by atoms with E-state index < -0.39 is 29.7 Å². The first-order valence-corrected chi connectivity index (χ1v) is 17.4. The van der Waals surface area contributed by atoms with Gasteiger partial charge in [-0.1, -0.05) is 39.7 Å². The van der Waals surface area contributed by atoms with Crippen molar-refractivity contribution in [2.24, 2.45) is 17.8 Å². The van der Waals surface area contributed by atoms with Gasteiger partial charge in [-0.2, -0.15) is 0 Å². The number of hydrogen-bond donors (Lipinski definition) is 3. The Balaban J connectivity index is 1.31. The minimum atomic E-state index is -0.849. The molecule has 3 aliphatic rings. The van der Waals surface area contributed by atoms with E-state index in [1.807, 2.05) is 23.9 Å². The highest BCUT2D eigenvalue weighted by Gasteiger charge is 2.35. The Hall–Kier alpha value is -3.73. The zero-order valence-corrected chi connectivity index (χ0v) is 28.3. The van der Waals surface area contributed by atoms with Crippen molar-refractivity contribution in [1.29, 1.82) is 0 Å². The third-order valence-corrected chi connectivity index (χ3v) is 10.3. The lowest BCUT2D eigenvalue weighted by Gasteiger charge is -2.36. The Morgan fingerprint density at radius 2 is 1.66 bits per heavy atom. The van der Waals surface area contributed by atoms with Crippen LogP contribution in [0.3, 0.4) is 0 Å². The molecule has 3 fully saturated rings. The molecule has 1 aromatic heterocycles. The van der Waals surface area contributed by atoms with Crippen LogP contribution in [0.5, 0.6) is 0 Å². The molecule has 3 atom stereocenters. The molecule has 1 saturated heterocycles. The van der Waals surface area contributed by atoms with Crippen LogP contribution >= 0.6 is 0 Å². The lowest BCUT2D eigenvalue weighted by Crippen LogP contribution is -2.55. The van der Waals surface area contributed by atoms with E-state index in [4.69, 9.17) is 0 Å². The summed E-state index contributed by atoms with van der Waals surface area (Å²) < 4.78 is 17.6. The predicted octanol–water partition coefficient (Wildman–Crippen LogP) is 4.37. The smallest absolute Gasteiger partial charge is 0.268 e. The number of nitrogens with one attached hydrogen (secondary N) is 3. The Bertz CT molecular complexity index is 1420. The summed E-state index contributed by atoms with van der Waals surface area (Å²) in [6.45, 7) is 9.11. The molecule has 0 unspecified atom stereocenters. The number of benzene rings is 1. The van der Waals surface area contributed by atoms with Gasteiger partial charge in [0.15, 0.2) is 0 Å². The maximum absolute atomic E-state index is 15.7. The van der Waals surface area contributed by atoms with Crippen molar-refractivity contribution in [3.05, 3.63) is 53.6 Å². The summed E-state index contributed by atoms with van der Waals surface area (Å²) in [4.78, 5) is 57.2. The normalized spacial score (nSPS) is 22.2. The number of piperazine rings is 1. The summed E-state index contributed by atoms with van der Waals surface area (Å²) in [5, 5.41) is 8.63. The van der Waals surface area contributed by atoms with Gasteiger partial charge in [0.25, 0.3) is 5.91 Å². The molecule has 0 bridgehead atoms. The first-order chi connectivity index (χ1) is 22.5. The first-order valence-electron chi connectivity index (χ1n) is 17.4. The molecule has 2 aliphatic carbocycles. The molecule has 11 heteroatoms. The molecule has 2 saturated carbocycles. The summed E-state index contributed by atoms with van der Waals surface area (Å²) in [5.41, 5.74) is 1.07. The summed E-state index contributed by atoms with van der Waals surface area (Å²) in [6.07, 6.45) is 7.98. The largest absolute Gasteiger partial charge is 0.344 e. The van der Waals surface area contributed by atoms with Crippen molar-refractivity contribution < 1.29 is 23.6 Å². The number of nitrogens with zero attached hydrogens (tertiary/aromatic N) is 3. The van der Waals surface area contributed by atoms with E-state index in [-0.39, 0.29) is 35.7 Å². The van der Waals surface area contributed by atoms with E-state index in [0.29, 0.717) is 36.2 Å². The summed E-state index contributed by atoms with van der Waals surface area (Å²) in [5.74, 6) is -1.26. The lowest BCUT2D eigenvalue weighted by atomic mass is 9.79. The number of likely N-dealkylation sites (N-methyl/N-ethyl adjacent to an activating group) is 1. The second kappa shape index (κ2) is 15.4. The number of rotatable bonds is 12. The molecule has 5 rings (SSSR count). The zero-order chi connectivity index (χ0) is 33.7. The first kappa shape index (κ1) is 34.6. The van der Waals surface area contributed by atoms with Crippen molar-refractivity contribution in [3.8, 4) is 0 Å². The average molecular weight is 651 g/mol.